The summed E-state index contributed by atoms with van der Waals surface area (Å²) in [7, 11) is 0. The Morgan fingerprint density at radius 1 is 1.05 bits per heavy atom. The number of primary amides is 1. The number of rotatable bonds is 8. The maximum absolute atomic E-state index is 13.7. The van der Waals surface area contributed by atoms with Crippen LogP contribution in [-0.2, 0) is 20.7 Å². The van der Waals surface area contributed by atoms with Gasteiger partial charge in [-0.1, -0.05) is 60.7 Å². The minimum absolute atomic E-state index is 0.0652. The zero-order valence-corrected chi connectivity index (χ0v) is 20.0. The molecule has 4 aromatic rings. The average molecular weight is 507 g/mol. The number of aromatic nitrogens is 3. The van der Waals surface area contributed by atoms with Crippen molar-refractivity contribution in [3.8, 4) is 23.1 Å². The molecule has 0 spiro atoms. The number of hydrogen-bond acceptors (Lipinski definition) is 7. The Balaban J connectivity index is 1.52. The van der Waals surface area contributed by atoms with Crippen molar-refractivity contribution in [1.29, 1.82) is 5.26 Å². The van der Waals surface area contributed by atoms with Gasteiger partial charge in [0.15, 0.2) is 5.82 Å². The number of nitrogens with one attached hydrogen (secondary N) is 1. The molecule has 3 N–H and O–H groups in total. The summed E-state index contributed by atoms with van der Waals surface area (Å²) in [5.74, 6) is -3.30. The van der Waals surface area contributed by atoms with Crippen LogP contribution < -0.4 is 11.1 Å². The third-order valence-corrected chi connectivity index (χ3v) is 6.05. The first-order chi connectivity index (χ1) is 18.5. The highest BCUT2D eigenvalue weighted by atomic mass is 16.7. The summed E-state index contributed by atoms with van der Waals surface area (Å²) < 4.78 is 12.5. The smallest absolute Gasteiger partial charge is 0.352 e. The van der Waals surface area contributed by atoms with Gasteiger partial charge in [-0.05, 0) is 17.7 Å². The van der Waals surface area contributed by atoms with Crippen LogP contribution in [0, 0.1) is 11.3 Å². The lowest BCUT2D eigenvalue weighted by molar-refractivity contribution is -0.182. The first-order valence-corrected chi connectivity index (χ1v) is 11.7. The van der Waals surface area contributed by atoms with Gasteiger partial charge in [-0.3, -0.25) is 9.59 Å². The van der Waals surface area contributed by atoms with E-state index >= 15 is 0 Å². The summed E-state index contributed by atoms with van der Waals surface area (Å²) in [4.78, 5) is 30.6. The van der Waals surface area contributed by atoms with Crippen LogP contribution in [0.1, 0.15) is 21.5 Å². The molecular formula is C28H22N6O4. The number of benzene rings is 2. The fourth-order valence-corrected chi connectivity index (χ4v) is 4.18. The summed E-state index contributed by atoms with van der Waals surface area (Å²) in [5.41, 5.74) is 8.29. The number of nitriles is 1. The van der Waals surface area contributed by atoms with E-state index in [1.54, 1.807) is 12.3 Å². The monoisotopic (exact) mass is 506 g/mol. The second-order valence-electron chi connectivity index (χ2n) is 8.47. The molecule has 188 valence electrons. The van der Waals surface area contributed by atoms with Gasteiger partial charge in [0.25, 0.3) is 5.91 Å². The maximum Gasteiger partial charge on any atom is 0.352 e. The molecule has 38 heavy (non-hydrogen) atoms. The molecule has 10 heteroatoms. The van der Waals surface area contributed by atoms with Crippen LogP contribution in [0.15, 0.2) is 97.7 Å². The Labute approximate surface area is 217 Å². The lowest BCUT2D eigenvalue weighted by Gasteiger charge is -2.33. The molecule has 0 saturated carbocycles. The second kappa shape index (κ2) is 10.3. The van der Waals surface area contributed by atoms with Crippen molar-refractivity contribution in [2.75, 3.05) is 0 Å². The highest BCUT2D eigenvalue weighted by molar-refractivity contribution is 5.98. The van der Waals surface area contributed by atoms with Crippen molar-refractivity contribution in [1.82, 2.24) is 20.1 Å². The quantitative estimate of drug-likeness (QED) is 0.374. The molecule has 3 heterocycles. The summed E-state index contributed by atoms with van der Waals surface area (Å²) >= 11 is 0. The van der Waals surface area contributed by atoms with Gasteiger partial charge in [0.2, 0.25) is 0 Å². The normalized spacial score (nSPS) is 14.1. The van der Waals surface area contributed by atoms with Gasteiger partial charge in [0, 0.05) is 24.4 Å². The Bertz CT molecular complexity index is 1530. The van der Waals surface area contributed by atoms with Gasteiger partial charge in [-0.2, -0.15) is 10.4 Å². The van der Waals surface area contributed by atoms with Crippen LogP contribution in [0.25, 0.3) is 17.1 Å². The minimum Gasteiger partial charge on any atom is -0.447 e. The van der Waals surface area contributed by atoms with Crippen molar-refractivity contribution in [3.05, 3.63) is 114 Å². The SMILES string of the molecule is N#Cc1cnc(-n2ccc(-c3ccccc3)n2)c(C(=O)NC(Cc2ccccc2)C2(C(N)=O)OC=CO2)c1. The predicted molar refractivity (Wildman–Crippen MR) is 136 cm³/mol. The van der Waals surface area contributed by atoms with Crippen molar-refractivity contribution in [2.45, 2.75) is 18.2 Å². The van der Waals surface area contributed by atoms with E-state index in [4.69, 9.17) is 15.2 Å². The van der Waals surface area contributed by atoms with Gasteiger partial charge >= 0.3 is 11.7 Å². The zero-order chi connectivity index (χ0) is 26.5. The van der Waals surface area contributed by atoms with E-state index in [0.29, 0.717) is 5.69 Å². The van der Waals surface area contributed by atoms with E-state index < -0.39 is 23.6 Å². The van der Waals surface area contributed by atoms with Crippen LogP contribution >= 0.6 is 0 Å². The Hall–Kier alpha value is -5.43. The highest BCUT2D eigenvalue weighted by Gasteiger charge is 2.51. The highest BCUT2D eigenvalue weighted by Crippen LogP contribution is 2.28. The molecule has 2 amide bonds. The van der Waals surface area contributed by atoms with Crippen LogP contribution in [0.3, 0.4) is 0 Å². The van der Waals surface area contributed by atoms with Crippen LogP contribution in [0.5, 0.6) is 0 Å². The largest absolute Gasteiger partial charge is 0.447 e. The van der Waals surface area contributed by atoms with Crippen LogP contribution in [0.4, 0.5) is 0 Å². The molecule has 10 nitrogen and oxygen atoms in total. The molecule has 5 rings (SSSR count). The number of carbonyl (C=O) groups is 2. The molecule has 0 aliphatic carbocycles. The lowest BCUT2D eigenvalue weighted by Crippen LogP contribution is -2.61. The molecule has 1 aliphatic rings. The van der Waals surface area contributed by atoms with E-state index in [9.17, 15) is 14.9 Å². The van der Waals surface area contributed by atoms with E-state index in [2.05, 4.69) is 15.4 Å². The predicted octanol–water partition coefficient (Wildman–Crippen LogP) is 2.85. The molecule has 2 aromatic carbocycles. The van der Waals surface area contributed by atoms with Crippen molar-refractivity contribution < 1.29 is 19.1 Å². The summed E-state index contributed by atoms with van der Waals surface area (Å²) in [6.45, 7) is 0. The first-order valence-electron chi connectivity index (χ1n) is 11.7. The molecule has 2 aromatic heterocycles. The number of ether oxygens (including phenoxy) is 2. The number of amides is 2. The lowest BCUT2D eigenvalue weighted by atomic mass is 9.97. The fourth-order valence-electron chi connectivity index (χ4n) is 4.18. The van der Waals surface area contributed by atoms with Gasteiger partial charge in [0.1, 0.15) is 24.6 Å². The minimum atomic E-state index is -1.96. The number of nitrogens with zero attached hydrogens (tertiary/aromatic N) is 4. The number of pyridine rings is 1. The van der Waals surface area contributed by atoms with Crippen LogP contribution in [-0.4, -0.2) is 38.4 Å². The first kappa shape index (κ1) is 24.3. The molecular weight excluding hydrogens is 484 g/mol. The average Bonchev–Trinajstić information content (AvgIpc) is 3.65. The van der Waals surface area contributed by atoms with E-state index in [0.717, 1.165) is 11.1 Å². The van der Waals surface area contributed by atoms with Crippen molar-refractivity contribution >= 4 is 11.8 Å². The van der Waals surface area contributed by atoms with E-state index in [-0.39, 0.29) is 23.4 Å². The van der Waals surface area contributed by atoms with Crippen molar-refractivity contribution in [2.24, 2.45) is 5.73 Å². The van der Waals surface area contributed by atoms with Gasteiger partial charge < -0.3 is 20.5 Å². The topological polar surface area (TPSA) is 145 Å². The Kier molecular flexibility index (Phi) is 6.57. The van der Waals surface area contributed by atoms with E-state index in [1.165, 1.54) is 29.5 Å². The molecule has 0 bridgehead atoms. The van der Waals surface area contributed by atoms with Gasteiger partial charge in [-0.25, -0.2) is 9.67 Å². The summed E-state index contributed by atoms with van der Waals surface area (Å²) in [6, 6.07) is 22.9. The van der Waals surface area contributed by atoms with E-state index in [1.807, 2.05) is 66.7 Å². The standard InChI is InChI=1S/C28H22N6O4/c29-17-20-15-22(25(31-18-20)34-12-11-23(33-34)21-9-5-2-6-10-21)26(35)32-24(16-19-7-3-1-4-8-19)28(27(30)36)37-13-14-38-28/h1-15,18,24H,16H2,(H2,30,36)(H,32,35). The molecule has 1 atom stereocenters. The molecule has 1 aliphatic heterocycles. The number of carbonyl (C=O) groups excluding carboxylic acids is 2. The number of nitrogens with two attached hydrogens (primary N) is 1. The zero-order valence-electron chi connectivity index (χ0n) is 20.0. The molecule has 0 radical (unpaired) electrons. The molecule has 1 unspecified atom stereocenters. The summed E-state index contributed by atoms with van der Waals surface area (Å²) in [5, 5.41) is 16.9. The van der Waals surface area contributed by atoms with Gasteiger partial charge in [-0.15, -0.1) is 0 Å². The van der Waals surface area contributed by atoms with Crippen LogP contribution in [0.2, 0.25) is 0 Å². The molecule has 0 saturated heterocycles. The summed E-state index contributed by atoms with van der Waals surface area (Å²) in [6.07, 6.45) is 5.60. The van der Waals surface area contributed by atoms with Gasteiger partial charge in [0.05, 0.1) is 16.8 Å². The fraction of sp³-hybridized carbons (Fsp3) is 0.107. The second-order valence-corrected chi connectivity index (χ2v) is 8.47. The Morgan fingerprint density at radius 2 is 1.74 bits per heavy atom. The third-order valence-electron chi connectivity index (χ3n) is 6.05. The third kappa shape index (κ3) is 4.68. The Morgan fingerprint density at radius 3 is 2.39 bits per heavy atom. The maximum atomic E-state index is 13.7. The molecule has 0 fully saturated rings. The van der Waals surface area contributed by atoms with Crippen molar-refractivity contribution in [3.63, 3.8) is 0 Å². The number of hydrogen-bond donors (Lipinski definition) is 2.